The Morgan fingerprint density at radius 2 is 1.83 bits per heavy atom. The smallest absolute Gasteiger partial charge is 0.424 e. The molecule has 0 unspecified atom stereocenters. The third kappa shape index (κ3) is 4.60. The van der Waals surface area contributed by atoms with Crippen LogP contribution in [0.3, 0.4) is 0 Å². The van der Waals surface area contributed by atoms with Crippen LogP contribution in [0.2, 0.25) is 0 Å². The van der Waals surface area contributed by atoms with Crippen LogP contribution in [-0.2, 0) is 4.74 Å². The molecule has 6 nitrogen and oxygen atoms in total. The number of carbonyl (C=O) groups excluding carboxylic acids is 1. The van der Waals surface area contributed by atoms with Crippen LogP contribution in [0.5, 0.6) is 11.5 Å². The van der Waals surface area contributed by atoms with E-state index < -0.39 is 11.5 Å². The Balaban J connectivity index is 2.12. The van der Waals surface area contributed by atoms with Crippen LogP contribution in [0, 0.1) is 5.41 Å². The summed E-state index contributed by atoms with van der Waals surface area (Å²) < 4.78 is 17.4. The Hall–Kier alpha value is -2.76. The Morgan fingerprint density at radius 1 is 1.17 bits per heavy atom. The number of carbonyl (C=O) groups is 1. The van der Waals surface area contributed by atoms with Crippen molar-refractivity contribution in [3.63, 3.8) is 0 Å². The van der Waals surface area contributed by atoms with Crippen LogP contribution < -0.4 is 9.47 Å². The second kappa shape index (κ2) is 7.00. The fourth-order valence-corrected chi connectivity index (χ4v) is 1.64. The molecule has 0 amide bonds. The Bertz CT molecular complexity index is 668. The molecule has 0 aliphatic heterocycles. The molecule has 0 bridgehead atoms. The number of methoxy groups -OCH3 is 1. The largest absolute Gasteiger partial charge is 0.497 e. The zero-order chi connectivity index (χ0) is 16.9. The highest BCUT2D eigenvalue weighted by molar-refractivity contribution is 5.71. The molecule has 0 N–H and O–H groups in total. The molecule has 1 aromatic carbocycles. The molecule has 23 heavy (non-hydrogen) atoms. The van der Waals surface area contributed by atoms with Gasteiger partial charge in [0.25, 0.3) is 0 Å². The lowest BCUT2D eigenvalue weighted by atomic mass is 9.94. The lowest BCUT2D eigenvalue weighted by molar-refractivity contribution is 0.150. The van der Waals surface area contributed by atoms with Gasteiger partial charge < -0.3 is 14.2 Å². The topological polar surface area (TPSA) is 62.6 Å². The number of aromatic nitrogens is 2. The highest BCUT2D eigenvalue weighted by Gasteiger charge is 2.23. The molecular formula is C17H20N2O4. The molecule has 0 saturated heterocycles. The molecule has 0 aliphatic rings. The van der Waals surface area contributed by atoms with Crippen molar-refractivity contribution in [1.82, 2.24) is 9.55 Å². The first kappa shape index (κ1) is 16.6. The molecule has 0 saturated carbocycles. The van der Waals surface area contributed by atoms with Gasteiger partial charge in [-0.3, -0.25) is 0 Å². The summed E-state index contributed by atoms with van der Waals surface area (Å²) in [7, 11) is 1.60. The second-order valence-corrected chi connectivity index (χ2v) is 5.86. The predicted molar refractivity (Wildman–Crippen MR) is 85.3 cm³/mol. The molecule has 2 aromatic rings. The van der Waals surface area contributed by atoms with Crippen LogP contribution in [-0.4, -0.2) is 22.8 Å². The van der Waals surface area contributed by atoms with Gasteiger partial charge in [0.1, 0.15) is 29.8 Å². The van der Waals surface area contributed by atoms with Crippen molar-refractivity contribution in [2.45, 2.75) is 20.8 Å². The molecular weight excluding hydrogens is 296 g/mol. The number of hydrogen-bond donors (Lipinski definition) is 0. The highest BCUT2D eigenvalue weighted by atomic mass is 16.6. The van der Waals surface area contributed by atoms with E-state index in [0.29, 0.717) is 11.5 Å². The van der Waals surface area contributed by atoms with Crippen LogP contribution in [0.4, 0.5) is 4.79 Å². The van der Waals surface area contributed by atoms with Crippen LogP contribution >= 0.6 is 0 Å². The van der Waals surface area contributed by atoms with Gasteiger partial charge in [-0.1, -0.05) is 20.8 Å². The van der Waals surface area contributed by atoms with Gasteiger partial charge in [0.2, 0.25) is 0 Å². The maximum Gasteiger partial charge on any atom is 0.424 e. The van der Waals surface area contributed by atoms with E-state index in [1.165, 1.54) is 29.6 Å². The van der Waals surface area contributed by atoms with Gasteiger partial charge in [-0.05, 0) is 24.3 Å². The first-order chi connectivity index (χ1) is 10.9. The average Bonchev–Trinajstić information content (AvgIpc) is 3.05. The minimum absolute atomic E-state index is 0.400. The Kier molecular flexibility index (Phi) is 5.05. The summed E-state index contributed by atoms with van der Waals surface area (Å²) in [5.74, 6) is 1.77. The van der Waals surface area contributed by atoms with Gasteiger partial charge in [0.05, 0.1) is 7.11 Å². The van der Waals surface area contributed by atoms with E-state index in [2.05, 4.69) is 4.98 Å². The number of nitrogens with zero attached hydrogens (tertiary/aromatic N) is 2. The van der Waals surface area contributed by atoms with Crippen molar-refractivity contribution in [3.8, 4) is 11.5 Å². The van der Waals surface area contributed by atoms with Crippen LogP contribution in [0.25, 0.3) is 0 Å². The number of rotatable bonds is 4. The number of hydrogen-bond acceptors (Lipinski definition) is 5. The van der Waals surface area contributed by atoms with Crippen molar-refractivity contribution < 1.29 is 19.0 Å². The summed E-state index contributed by atoms with van der Waals surface area (Å²) in [6.45, 7) is 5.78. The fraction of sp³-hybridized carbons (Fsp3) is 0.294. The molecule has 0 atom stereocenters. The first-order valence-corrected chi connectivity index (χ1v) is 7.11. The zero-order valence-electron chi connectivity index (χ0n) is 13.6. The average molecular weight is 316 g/mol. The normalized spacial score (nSPS) is 11.9. The van der Waals surface area contributed by atoms with Gasteiger partial charge in [0.15, 0.2) is 0 Å². The third-order valence-corrected chi connectivity index (χ3v) is 3.01. The quantitative estimate of drug-likeness (QED) is 0.802. The highest BCUT2D eigenvalue weighted by Crippen LogP contribution is 2.27. The maximum atomic E-state index is 12.0. The molecule has 0 aliphatic carbocycles. The number of ether oxygens (including phenoxy) is 3. The summed E-state index contributed by atoms with van der Waals surface area (Å²) >= 11 is 0. The van der Waals surface area contributed by atoms with Gasteiger partial charge in [-0.25, -0.2) is 14.3 Å². The van der Waals surface area contributed by atoms with Crippen molar-refractivity contribution in [1.29, 1.82) is 0 Å². The van der Waals surface area contributed by atoms with E-state index in [0.717, 1.165) is 5.75 Å². The Morgan fingerprint density at radius 3 is 2.35 bits per heavy atom. The van der Waals surface area contributed by atoms with Gasteiger partial charge in [0, 0.05) is 17.8 Å². The molecule has 1 aromatic heterocycles. The Labute approximate surface area is 135 Å². The molecule has 0 spiro atoms. The van der Waals surface area contributed by atoms with Crippen LogP contribution in [0.15, 0.2) is 55.0 Å². The summed E-state index contributed by atoms with van der Waals surface area (Å²) in [5.41, 5.74) is -0.400. The van der Waals surface area contributed by atoms with Crippen molar-refractivity contribution in [2.75, 3.05) is 7.11 Å². The van der Waals surface area contributed by atoms with Crippen molar-refractivity contribution >= 4 is 6.09 Å². The second-order valence-electron chi connectivity index (χ2n) is 5.86. The minimum atomic E-state index is -0.540. The number of imidazole rings is 1. The van der Waals surface area contributed by atoms with E-state index in [1.807, 2.05) is 20.8 Å². The van der Waals surface area contributed by atoms with Gasteiger partial charge in [-0.2, -0.15) is 0 Å². The fourth-order valence-electron chi connectivity index (χ4n) is 1.64. The summed E-state index contributed by atoms with van der Waals surface area (Å²) in [4.78, 5) is 15.9. The van der Waals surface area contributed by atoms with E-state index in [4.69, 9.17) is 14.2 Å². The molecule has 6 heteroatoms. The molecule has 0 fully saturated rings. The molecule has 2 rings (SSSR count). The zero-order valence-corrected chi connectivity index (χ0v) is 13.6. The standard InChI is InChI=1S/C17H20N2O4/c1-17(2,3)15(23-16(20)19-10-9-18-12-19)11-22-14-7-5-13(21-4)6-8-14/h5-12H,1-4H3. The number of allylic oxidation sites excluding steroid dienone is 1. The van der Waals surface area contributed by atoms with Crippen molar-refractivity contribution in [2.24, 2.45) is 5.41 Å². The van der Waals surface area contributed by atoms with Crippen molar-refractivity contribution in [3.05, 3.63) is 55.0 Å². The van der Waals surface area contributed by atoms with E-state index in [1.54, 1.807) is 31.4 Å². The van der Waals surface area contributed by atoms with Gasteiger partial charge >= 0.3 is 6.09 Å². The minimum Gasteiger partial charge on any atom is -0.497 e. The third-order valence-electron chi connectivity index (χ3n) is 3.01. The molecule has 0 radical (unpaired) electrons. The van der Waals surface area contributed by atoms with E-state index in [9.17, 15) is 4.79 Å². The summed E-state index contributed by atoms with van der Waals surface area (Å²) in [6.07, 6.45) is 5.31. The molecule has 1 heterocycles. The lowest BCUT2D eigenvalue weighted by Gasteiger charge is -2.21. The van der Waals surface area contributed by atoms with E-state index in [-0.39, 0.29) is 0 Å². The van der Waals surface area contributed by atoms with E-state index >= 15 is 0 Å². The lowest BCUT2D eigenvalue weighted by Crippen LogP contribution is -2.20. The monoisotopic (exact) mass is 316 g/mol. The summed E-state index contributed by atoms with van der Waals surface area (Å²) in [6, 6.07) is 7.12. The van der Waals surface area contributed by atoms with Crippen LogP contribution in [0.1, 0.15) is 20.8 Å². The maximum absolute atomic E-state index is 12.0. The number of benzene rings is 1. The summed E-state index contributed by atoms with van der Waals surface area (Å²) in [5, 5.41) is 0. The first-order valence-electron chi connectivity index (χ1n) is 7.11. The molecule has 122 valence electrons. The van der Waals surface area contributed by atoms with Gasteiger partial charge in [-0.15, -0.1) is 0 Å². The predicted octanol–water partition coefficient (Wildman–Crippen LogP) is 3.84. The SMILES string of the molecule is COc1ccc(OC=C(OC(=O)n2ccnc2)C(C)(C)C)cc1.